The molecule has 1 N–H and O–H groups in total. The zero-order chi connectivity index (χ0) is 19.5. The van der Waals surface area contributed by atoms with Crippen LogP contribution in [0.2, 0.25) is 0 Å². The van der Waals surface area contributed by atoms with Gasteiger partial charge in [-0.1, -0.05) is 44.7 Å². The first kappa shape index (κ1) is 19.6. The topological polar surface area (TPSA) is 49.4 Å². The fourth-order valence-corrected chi connectivity index (χ4v) is 5.47. The quantitative estimate of drug-likeness (QED) is 0.755. The maximum absolute atomic E-state index is 12.2. The Kier molecular flexibility index (Phi) is 6.15. The lowest BCUT2D eigenvalue weighted by molar-refractivity contribution is -0.122. The number of fused-ring (bicyclic) bond motifs is 1. The highest BCUT2D eigenvalue weighted by atomic mass is 16.2. The van der Waals surface area contributed by atoms with Crippen LogP contribution in [-0.2, 0) is 16.0 Å². The summed E-state index contributed by atoms with van der Waals surface area (Å²) >= 11 is 0. The third kappa shape index (κ3) is 4.17. The number of hydrogen-bond donors (Lipinski definition) is 1. The van der Waals surface area contributed by atoms with E-state index < -0.39 is 0 Å². The molecule has 4 rings (SSSR count). The van der Waals surface area contributed by atoms with E-state index in [0.717, 1.165) is 31.6 Å². The molecule has 4 heteroatoms. The molecule has 1 aliphatic carbocycles. The molecular weight excluding hydrogens is 348 g/mol. The van der Waals surface area contributed by atoms with Gasteiger partial charge in [0.05, 0.1) is 0 Å². The second-order valence-corrected chi connectivity index (χ2v) is 8.99. The molecule has 1 saturated heterocycles. The number of nitrogens with zero attached hydrogens (tertiary/aromatic N) is 1. The predicted molar refractivity (Wildman–Crippen MR) is 112 cm³/mol. The molecule has 1 saturated carbocycles. The van der Waals surface area contributed by atoms with Crippen molar-refractivity contribution < 1.29 is 9.59 Å². The van der Waals surface area contributed by atoms with E-state index in [-0.39, 0.29) is 11.8 Å². The first-order valence-electron chi connectivity index (χ1n) is 11.3. The molecule has 0 bridgehead atoms. The molecule has 2 heterocycles. The largest absolute Gasteiger partial charge is 0.326 e. The molecule has 0 spiro atoms. The minimum Gasteiger partial charge on any atom is -0.326 e. The van der Waals surface area contributed by atoms with Gasteiger partial charge >= 0.3 is 0 Å². The van der Waals surface area contributed by atoms with Crippen LogP contribution in [0.3, 0.4) is 0 Å². The number of hydrogen-bond acceptors (Lipinski definition) is 3. The third-order valence-corrected chi connectivity index (χ3v) is 7.15. The smallest absolute Gasteiger partial charge is 0.227 e. The molecular formula is C24H34N2O2. The lowest BCUT2D eigenvalue weighted by Crippen LogP contribution is -2.40. The van der Waals surface area contributed by atoms with Gasteiger partial charge in [0, 0.05) is 43.6 Å². The Morgan fingerprint density at radius 1 is 1.07 bits per heavy atom. The summed E-state index contributed by atoms with van der Waals surface area (Å²) in [6, 6.07) is 7.13. The highest BCUT2D eigenvalue weighted by Gasteiger charge is 2.33. The van der Waals surface area contributed by atoms with Gasteiger partial charge < -0.3 is 5.32 Å². The summed E-state index contributed by atoms with van der Waals surface area (Å²) in [7, 11) is 0. The van der Waals surface area contributed by atoms with Crippen LogP contribution in [0.5, 0.6) is 0 Å². The molecule has 2 atom stereocenters. The summed E-state index contributed by atoms with van der Waals surface area (Å²) in [5.41, 5.74) is 3.67. The minimum absolute atomic E-state index is 0.0895. The van der Waals surface area contributed by atoms with Crippen LogP contribution < -0.4 is 5.32 Å². The first-order chi connectivity index (χ1) is 13.7. The number of likely N-dealkylation sites (tertiary alicyclic amines) is 1. The summed E-state index contributed by atoms with van der Waals surface area (Å²) in [6.45, 7) is 3.88. The van der Waals surface area contributed by atoms with Crippen molar-refractivity contribution in [3.05, 3.63) is 29.3 Å². The standard InChI is InChI=1S/C24H34N2O2/c1-2-17-15-20-16-19(9-10-22(20)25-24(17)28)23(18-7-5-3-4-6-8-18)26-13-11-21(27)12-14-26/h9-10,16-18,23H,2-8,11-15H2,1H3,(H,25,28). The van der Waals surface area contributed by atoms with Crippen LogP contribution >= 0.6 is 0 Å². The average Bonchev–Trinajstić information content (AvgIpc) is 2.98. The lowest BCUT2D eigenvalue weighted by atomic mass is 9.82. The van der Waals surface area contributed by atoms with E-state index in [4.69, 9.17) is 0 Å². The predicted octanol–water partition coefficient (Wildman–Crippen LogP) is 4.88. The molecule has 28 heavy (non-hydrogen) atoms. The van der Waals surface area contributed by atoms with E-state index in [9.17, 15) is 9.59 Å². The molecule has 3 aliphatic rings. The van der Waals surface area contributed by atoms with Crippen molar-refractivity contribution in [2.45, 2.75) is 77.2 Å². The van der Waals surface area contributed by atoms with Crippen LogP contribution in [0.15, 0.2) is 18.2 Å². The van der Waals surface area contributed by atoms with Crippen molar-refractivity contribution >= 4 is 17.4 Å². The van der Waals surface area contributed by atoms with Gasteiger partial charge in [-0.25, -0.2) is 0 Å². The number of piperidine rings is 1. The number of carbonyl (C=O) groups is 2. The Balaban J connectivity index is 1.64. The van der Waals surface area contributed by atoms with Gasteiger partial charge in [0.1, 0.15) is 5.78 Å². The van der Waals surface area contributed by atoms with Crippen LogP contribution in [0.25, 0.3) is 0 Å². The Bertz CT molecular complexity index is 711. The van der Waals surface area contributed by atoms with E-state index in [2.05, 4.69) is 35.3 Å². The van der Waals surface area contributed by atoms with Crippen LogP contribution in [0.4, 0.5) is 5.69 Å². The minimum atomic E-state index is 0.0895. The zero-order valence-corrected chi connectivity index (χ0v) is 17.2. The van der Waals surface area contributed by atoms with Crippen LogP contribution in [-0.4, -0.2) is 29.7 Å². The van der Waals surface area contributed by atoms with Crippen molar-refractivity contribution in [2.24, 2.45) is 11.8 Å². The number of nitrogens with one attached hydrogen (secondary N) is 1. The van der Waals surface area contributed by atoms with E-state index in [1.54, 1.807) is 0 Å². The van der Waals surface area contributed by atoms with Crippen molar-refractivity contribution in [2.75, 3.05) is 18.4 Å². The molecule has 152 valence electrons. The molecule has 1 aromatic rings. The summed E-state index contributed by atoms with van der Waals surface area (Å²) < 4.78 is 0. The number of anilines is 1. The maximum atomic E-state index is 12.2. The second-order valence-electron chi connectivity index (χ2n) is 8.99. The van der Waals surface area contributed by atoms with Gasteiger partial charge in [0.15, 0.2) is 0 Å². The van der Waals surface area contributed by atoms with E-state index >= 15 is 0 Å². The first-order valence-corrected chi connectivity index (χ1v) is 11.3. The highest BCUT2D eigenvalue weighted by Crippen LogP contribution is 2.40. The number of benzene rings is 1. The zero-order valence-electron chi connectivity index (χ0n) is 17.2. The molecule has 4 nitrogen and oxygen atoms in total. The number of amides is 1. The summed E-state index contributed by atoms with van der Waals surface area (Å²) in [6.07, 6.45) is 11.1. The average molecular weight is 383 g/mol. The molecule has 2 unspecified atom stereocenters. The Morgan fingerprint density at radius 3 is 2.46 bits per heavy atom. The summed E-state index contributed by atoms with van der Waals surface area (Å²) in [5, 5.41) is 3.10. The second kappa shape index (κ2) is 8.77. The maximum Gasteiger partial charge on any atom is 0.227 e. The number of Topliss-reactive ketones (excluding diaryl/α,β-unsaturated/α-hetero) is 1. The number of carbonyl (C=O) groups excluding carboxylic acids is 2. The monoisotopic (exact) mass is 382 g/mol. The molecule has 0 aromatic heterocycles. The van der Waals surface area contributed by atoms with E-state index in [0.29, 0.717) is 30.6 Å². The van der Waals surface area contributed by atoms with Crippen LogP contribution in [0, 0.1) is 11.8 Å². The van der Waals surface area contributed by atoms with Gasteiger partial charge in [0.25, 0.3) is 0 Å². The van der Waals surface area contributed by atoms with Crippen molar-refractivity contribution in [3.63, 3.8) is 0 Å². The molecule has 2 aliphatic heterocycles. The fraction of sp³-hybridized carbons (Fsp3) is 0.667. The Morgan fingerprint density at radius 2 is 1.79 bits per heavy atom. The fourth-order valence-electron chi connectivity index (χ4n) is 5.47. The van der Waals surface area contributed by atoms with Crippen LogP contribution in [0.1, 0.15) is 81.9 Å². The van der Waals surface area contributed by atoms with Crippen molar-refractivity contribution in [3.8, 4) is 0 Å². The summed E-state index contributed by atoms with van der Waals surface area (Å²) in [5.74, 6) is 1.34. The Hall–Kier alpha value is -1.68. The molecule has 1 amide bonds. The highest BCUT2D eigenvalue weighted by molar-refractivity contribution is 5.95. The SMILES string of the molecule is CCC1Cc2cc(C(C3CCCCCC3)N3CCC(=O)CC3)ccc2NC1=O. The van der Waals surface area contributed by atoms with Gasteiger partial charge in [-0.3, -0.25) is 14.5 Å². The van der Waals surface area contributed by atoms with Crippen molar-refractivity contribution in [1.82, 2.24) is 4.90 Å². The van der Waals surface area contributed by atoms with Gasteiger partial charge in [-0.05, 0) is 48.8 Å². The van der Waals surface area contributed by atoms with Gasteiger partial charge in [-0.2, -0.15) is 0 Å². The Labute approximate surface area is 169 Å². The molecule has 1 aromatic carbocycles. The van der Waals surface area contributed by atoms with E-state index in [1.165, 1.54) is 49.7 Å². The van der Waals surface area contributed by atoms with Gasteiger partial charge in [0.2, 0.25) is 5.91 Å². The van der Waals surface area contributed by atoms with Gasteiger partial charge in [-0.15, -0.1) is 0 Å². The number of rotatable bonds is 4. The van der Waals surface area contributed by atoms with Crippen molar-refractivity contribution in [1.29, 1.82) is 0 Å². The summed E-state index contributed by atoms with van der Waals surface area (Å²) in [4.78, 5) is 26.6. The van der Waals surface area contributed by atoms with E-state index in [1.807, 2.05) is 0 Å². The normalized spacial score (nSPS) is 25.7. The lowest BCUT2D eigenvalue weighted by Gasteiger charge is -2.39. The number of ketones is 1. The molecule has 2 fully saturated rings. The molecule has 0 radical (unpaired) electrons. The third-order valence-electron chi connectivity index (χ3n) is 7.15.